The van der Waals surface area contributed by atoms with Crippen LogP contribution in [0, 0.1) is 0 Å². The lowest BCUT2D eigenvalue weighted by atomic mass is 9.94. The van der Waals surface area contributed by atoms with Crippen LogP contribution < -0.4 is 26.4 Å². The van der Waals surface area contributed by atoms with Crippen molar-refractivity contribution >= 4 is 66.5 Å². The van der Waals surface area contributed by atoms with Crippen molar-refractivity contribution in [3.63, 3.8) is 0 Å². The topological polar surface area (TPSA) is 185 Å². The second-order valence-corrected chi connectivity index (χ2v) is 13.1. The number of thiazole rings is 2. The molecule has 238 valence electrons. The normalized spacial score (nSPS) is 12.6. The number of nitrogen functional groups attached to an aromatic ring is 2. The second-order valence-electron chi connectivity index (χ2n) is 11.0. The Labute approximate surface area is 277 Å². The summed E-state index contributed by atoms with van der Waals surface area (Å²) < 4.78 is 6.92. The molecule has 12 nitrogen and oxygen atoms in total. The molecule has 0 saturated heterocycles. The monoisotopic (exact) mass is 666 g/mol. The van der Waals surface area contributed by atoms with E-state index in [0.29, 0.717) is 76.8 Å². The highest BCUT2D eigenvalue weighted by atomic mass is 32.1. The molecule has 47 heavy (non-hydrogen) atoms. The molecule has 0 bridgehead atoms. The van der Waals surface area contributed by atoms with Crippen LogP contribution in [0.15, 0.2) is 66.7 Å². The van der Waals surface area contributed by atoms with Gasteiger partial charge in [-0.15, -0.1) is 11.3 Å². The number of aromatic carboxylic acids is 1. The smallest absolute Gasteiger partial charge is 0.355 e. The number of aromatic nitrogens is 4. The third-order valence-electron chi connectivity index (χ3n) is 7.98. The zero-order valence-electron chi connectivity index (χ0n) is 25.0. The van der Waals surface area contributed by atoms with Crippen molar-refractivity contribution in [2.75, 3.05) is 34.8 Å². The van der Waals surface area contributed by atoms with Crippen LogP contribution in [0.4, 0.5) is 21.8 Å². The van der Waals surface area contributed by atoms with Gasteiger partial charge in [-0.1, -0.05) is 35.6 Å². The molecule has 0 unspecified atom stereocenters. The molecule has 7 rings (SSSR count). The summed E-state index contributed by atoms with van der Waals surface area (Å²) in [7, 11) is 0. The van der Waals surface area contributed by atoms with Crippen LogP contribution in [-0.2, 0) is 19.4 Å². The Morgan fingerprint density at radius 2 is 1.85 bits per heavy atom. The van der Waals surface area contributed by atoms with Crippen LogP contribution in [-0.4, -0.2) is 50.3 Å². The molecule has 0 spiro atoms. The molecule has 1 amide bonds. The molecule has 0 radical (unpaired) electrons. The van der Waals surface area contributed by atoms with Crippen molar-refractivity contribution in [2.24, 2.45) is 0 Å². The van der Waals surface area contributed by atoms with E-state index in [1.54, 1.807) is 0 Å². The lowest BCUT2D eigenvalue weighted by Gasteiger charge is -2.29. The highest BCUT2D eigenvalue weighted by molar-refractivity contribution is 7.22. The zero-order valence-corrected chi connectivity index (χ0v) is 26.7. The average molecular weight is 667 g/mol. The summed E-state index contributed by atoms with van der Waals surface area (Å²) in [6, 6.07) is 20.9. The van der Waals surface area contributed by atoms with Crippen molar-refractivity contribution in [2.45, 2.75) is 25.8 Å². The number of nitrogens with two attached hydrogens (primary N) is 2. The SMILES string of the molecule is Nc1n[nH]c(-c2ccc(OCCCc3sc(N4CCc5cccc(C(=O)Nc6nc7ccccc7s6)c5C4)nc3C(=O)O)cc2)c1N. The fourth-order valence-corrected chi connectivity index (χ4v) is 7.56. The van der Waals surface area contributed by atoms with Gasteiger partial charge in [-0.3, -0.25) is 15.2 Å². The van der Waals surface area contributed by atoms with Gasteiger partial charge in [0.2, 0.25) is 0 Å². The number of ether oxygens (including phenoxy) is 1. The number of benzene rings is 3. The second kappa shape index (κ2) is 12.7. The molecule has 1 aliphatic rings. The molecule has 0 fully saturated rings. The Hall–Kier alpha value is -5.47. The zero-order chi connectivity index (χ0) is 32.5. The lowest BCUT2D eigenvalue weighted by molar-refractivity contribution is 0.0690. The first kappa shape index (κ1) is 30.2. The number of carbonyl (C=O) groups excluding carboxylic acids is 1. The van der Waals surface area contributed by atoms with Crippen molar-refractivity contribution in [3.8, 4) is 17.0 Å². The number of hydrogen-bond acceptors (Lipinski definition) is 11. The number of H-pyrrole nitrogens is 1. The van der Waals surface area contributed by atoms with Gasteiger partial charge in [0.15, 0.2) is 21.8 Å². The van der Waals surface area contributed by atoms with E-state index in [9.17, 15) is 14.7 Å². The lowest BCUT2D eigenvalue weighted by Crippen LogP contribution is -2.32. The molecule has 1 aliphatic heterocycles. The highest BCUT2D eigenvalue weighted by Crippen LogP contribution is 2.34. The summed E-state index contributed by atoms with van der Waals surface area (Å²) in [6.45, 7) is 1.51. The van der Waals surface area contributed by atoms with E-state index < -0.39 is 5.97 Å². The van der Waals surface area contributed by atoms with Crippen LogP contribution in [0.3, 0.4) is 0 Å². The summed E-state index contributed by atoms with van der Waals surface area (Å²) in [5.74, 6) is -0.353. The number of anilines is 4. The van der Waals surface area contributed by atoms with Gasteiger partial charge in [0, 0.05) is 29.1 Å². The Kier molecular flexibility index (Phi) is 8.18. The first-order valence-electron chi connectivity index (χ1n) is 14.9. The minimum atomic E-state index is -1.06. The van der Waals surface area contributed by atoms with Gasteiger partial charge in [0.1, 0.15) is 11.4 Å². The molecule has 3 aromatic carbocycles. The fraction of sp³-hybridized carbons (Fsp3) is 0.182. The van der Waals surface area contributed by atoms with Gasteiger partial charge in [-0.05, 0) is 72.9 Å². The molecule has 4 heterocycles. The molecule has 6 aromatic rings. The maximum atomic E-state index is 13.4. The summed E-state index contributed by atoms with van der Waals surface area (Å²) in [5, 5.41) is 20.8. The summed E-state index contributed by atoms with van der Waals surface area (Å²) in [4.78, 5) is 37.4. The number of carboxylic acid groups (broad SMARTS) is 1. The Balaban J connectivity index is 1.00. The molecule has 0 aliphatic carbocycles. The van der Waals surface area contributed by atoms with Crippen LogP contribution in [0.1, 0.15) is 43.3 Å². The van der Waals surface area contributed by atoms with Crippen molar-refractivity contribution in [1.82, 2.24) is 20.2 Å². The largest absolute Gasteiger partial charge is 0.494 e. The minimum absolute atomic E-state index is 0.0541. The van der Waals surface area contributed by atoms with Gasteiger partial charge in [0.05, 0.1) is 22.5 Å². The first-order valence-corrected chi connectivity index (χ1v) is 16.6. The Morgan fingerprint density at radius 1 is 1.02 bits per heavy atom. The van der Waals surface area contributed by atoms with Gasteiger partial charge < -0.3 is 26.2 Å². The minimum Gasteiger partial charge on any atom is -0.494 e. The predicted octanol–water partition coefficient (Wildman–Crippen LogP) is 5.83. The van der Waals surface area contributed by atoms with Gasteiger partial charge >= 0.3 is 5.97 Å². The number of nitrogens with zero attached hydrogens (tertiary/aromatic N) is 4. The molecule has 7 N–H and O–H groups in total. The molecule has 0 atom stereocenters. The molecule has 0 saturated carbocycles. The Bertz CT molecular complexity index is 2070. The number of para-hydroxylation sites is 1. The number of hydrogen-bond donors (Lipinski definition) is 5. The highest BCUT2D eigenvalue weighted by Gasteiger charge is 2.26. The standard InChI is InChI=1S/C33H30N8O4S2/c34-26-27(39-40-29(26)35)19-10-12-20(13-11-19)45-16-4-9-25-28(31(43)44)37-33(47-25)41-15-14-18-5-3-6-21(22(18)17-41)30(42)38-32-36-23-7-1-2-8-24(23)46-32/h1-3,5-8,10-13H,4,9,14-17,34H2,(H,43,44)(H3,35,39,40)(H,36,38,42). The summed E-state index contributed by atoms with van der Waals surface area (Å²) in [5.41, 5.74) is 17.1. The Morgan fingerprint density at radius 3 is 2.62 bits per heavy atom. The van der Waals surface area contributed by atoms with Gasteiger partial charge in [0.25, 0.3) is 5.91 Å². The van der Waals surface area contributed by atoms with E-state index in [1.165, 1.54) is 22.7 Å². The van der Waals surface area contributed by atoms with E-state index in [-0.39, 0.29) is 17.4 Å². The number of carbonyl (C=O) groups is 2. The maximum absolute atomic E-state index is 13.4. The maximum Gasteiger partial charge on any atom is 0.355 e. The predicted molar refractivity (Wildman–Crippen MR) is 185 cm³/mol. The van der Waals surface area contributed by atoms with Crippen molar-refractivity contribution in [1.29, 1.82) is 0 Å². The van der Waals surface area contributed by atoms with E-state index in [1.807, 2.05) is 66.7 Å². The third-order valence-corrected chi connectivity index (χ3v) is 10.1. The van der Waals surface area contributed by atoms with E-state index >= 15 is 0 Å². The molecule has 3 aromatic heterocycles. The van der Waals surface area contributed by atoms with E-state index in [0.717, 1.165) is 26.9 Å². The number of aromatic amines is 1. The van der Waals surface area contributed by atoms with Crippen LogP contribution >= 0.6 is 22.7 Å². The number of nitrogens with one attached hydrogen (secondary N) is 2. The fourth-order valence-electron chi connectivity index (χ4n) is 5.58. The van der Waals surface area contributed by atoms with Crippen molar-refractivity contribution in [3.05, 3.63) is 94.0 Å². The van der Waals surface area contributed by atoms with E-state index in [2.05, 4.69) is 30.4 Å². The summed E-state index contributed by atoms with van der Waals surface area (Å²) >= 11 is 2.81. The van der Waals surface area contributed by atoms with Crippen LogP contribution in [0.25, 0.3) is 21.5 Å². The molecular weight excluding hydrogens is 637 g/mol. The van der Waals surface area contributed by atoms with E-state index in [4.69, 9.17) is 16.2 Å². The number of fused-ring (bicyclic) bond motifs is 2. The third kappa shape index (κ3) is 6.20. The molecule has 14 heteroatoms. The van der Waals surface area contributed by atoms with Crippen molar-refractivity contribution < 1.29 is 19.4 Å². The molecular formula is C33H30N8O4S2. The average Bonchev–Trinajstić information content (AvgIpc) is 3.79. The number of rotatable bonds is 10. The first-order chi connectivity index (χ1) is 22.8. The number of aryl methyl sites for hydroxylation is 1. The summed E-state index contributed by atoms with van der Waals surface area (Å²) in [6.07, 6.45) is 1.82. The van der Waals surface area contributed by atoms with Crippen LogP contribution in [0.5, 0.6) is 5.75 Å². The van der Waals surface area contributed by atoms with Gasteiger partial charge in [-0.25, -0.2) is 14.8 Å². The number of amides is 1. The van der Waals surface area contributed by atoms with Crippen LogP contribution in [0.2, 0.25) is 0 Å². The number of carboxylic acids is 1. The van der Waals surface area contributed by atoms with Gasteiger partial charge in [-0.2, -0.15) is 5.10 Å². The quantitative estimate of drug-likeness (QED) is 0.111.